The third-order valence-electron chi connectivity index (χ3n) is 3.00. The van der Waals surface area contributed by atoms with Gasteiger partial charge in [0, 0.05) is 11.8 Å². The van der Waals surface area contributed by atoms with Crippen LogP contribution in [0.25, 0.3) is 11.1 Å². The lowest BCUT2D eigenvalue weighted by atomic mass is 10.0. The van der Waals surface area contributed by atoms with Crippen molar-refractivity contribution in [3.05, 3.63) is 36.0 Å². The Balaban J connectivity index is 2.40. The van der Waals surface area contributed by atoms with Gasteiger partial charge in [0.05, 0.1) is 0 Å². The Morgan fingerprint density at radius 3 is 2.52 bits per heavy atom. The van der Waals surface area contributed by atoms with E-state index in [1.54, 1.807) is 6.20 Å². The van der Waals surface area contributed by atoms with E-state index in [1.165, 1.54) is 11.8 Å². The molecule has 0 radical (unpaired) electrons. The Morgan fingerprint density at radius 1 is 1.22 bits per heavy atom. The van der Waals surface area contributed by atoms with Crippen molar-refractivity contribution in [3.8, 4) is 11.1 Å². The van der Waals surface area contributed by atoms with Crippen LogP contribution in [-0.4, -0.2) is 27.9 Å². The maximum absolute atomic E-state index is 12.1. The van der Waals surface area contributed by atoms with Crippen molar-refractivity contribution in [2.24, 2.45) is 0 Å². The number of aromatic nitrogens is 2. The third kappa shape index (κ3) is 4.69. The van der Waals surface area contributed by atoms with Crippen LogP contribution in [-0.2, 0) is 4.74 Å². The summed E-state index contributed by atoms with van der Waals surface area (Å²) in [5.41, 5.74) is 2.26. The van der Waals surface area contributed by atoms with Gasteiger partial charge >= 0.3 is 6.09 Å². The van der Waals surface area contributed by atoms with Gasteiger partial charge in [-0.05, 0) is 45.1 Å². The number of anilines is 1. The first kappa shape index (κ1) is 17.3. The van der Waals surface area contributed by atoms with Crippen LogP contribution < -0.4 is 5.32 Å². The molecular weight excluding hydrogens is 310 g/mol. The van der Waals surface area contributed by atoms with E-state index < -0.39 is 11.7 Å². The maximum Gasteiger partial charge on any atom is 0.413 e. The Labute approximate surface area is 140 Å². The van der Waals surface area contributed by atoms with E-state index in [9.17, 15) is 4.79 Å². The van der Waals surface area contributed by atoms with Gasteiger partial charge in [0.25, 0.3) is 0 Å². The summed E-state index contributed by atoms with van der Waals surface area (Å²) in [4.78, 5) is 20.8. The van der Waals surface area contributed by atoms with E-state index in [1.807, 2.05) is 58.2 Å². The lowest BCUT2D eigenvalue weighted by Crippen LogP contribution is -2.27. The number of rotatable bonds is 3. The molecule has 0 saturated heterocycles. The minimum absolute atomic E-state index is 0.452. The lowest BCUT2D eigenvalue weighted by Gasteiger charge is -2.20. The van der Waals surface area contributed by atoms with Gasteiger partial charge in [-0.25, -0.2) is 14.8 Å². The molecule has 2 aromatic rings. The number of carbonyl (C=O) groups is 1. The first-order valence-corrected chi connectivity index (χ1v) is 8.49. The fourth-order valence-electron chi connectivity index (χ4n) is 2.03. The first-order chi connectivity index (χ1) is 10.8. The molecule has 0 atom stereocenters. The zero-order valence-electron chi connectivity index (χ0n) is 14.0. The highest BCUT2D eigenvalue weighted by Gasteiger charge is 2.19. The number of ether oxygens (including phenoxy) is 1. The van der Waals surface area contributed by atoms with Gasteiger partial charge in [-0.3, -0.25) is 5.32 Å². The number of thioether (sulfide) groups is 1. The van der Waals surface area contributed by atoms with Crippen LogP contribution in [0.4, 0.5) is 10.6 Å². The van der Waals surface area contributed by atoms with Crippen molar-refractivity contribution in [2.75, 3.05) is 11.6 Å². The fraction of sp³-hybridized carbons (Fsp3) is 0.353. The van der Waals surface area contributed by atoms with Gasteiger partial charge < -0.3 is 4.74 Å². The van der Waals surface area contributed by atoms with Gasteiger partial charge in [-0.1, -0.05) is 36.0 Å². The average Bonchev–Trinajstić information content (AvgIpc) is 2.46. The van der Waals surface area contributed by atoms with Crippen LogP contribution in [0.5, 0.6) is 0 Å². The zero-order valence-corrected chi connectivity index (χ0v) is 14.8. The van der Waals surface area contributed by atoms with Gasteiger partial charge in [-0.2, -0.15) is 0 Å². The molecule has 5 nitrogen and oxygen atoms in total. The molecule has 23 heavy (non-hydrogen) atoms. The number of hydrogen-bond donors (Lipinski definition) is 1. The maximum atomic E-state index is 12.1. The van der Waals surface area contributed by atoms with Crippen molar-refractivity contribution in [1.82, 2.24) is 9.97 Å². The van der Waals surface area contributed by atoms with Gasteiger partial charge in [0.15, 0.2) is 5.16 Å². The highest BCUT2D eigenvalue weighted by atomic mass is 32.2. The van der Waals surface area contributed by atoms with E-state index in [2.05, 4.69) is 15.3 Å². The molecular formula is C17H21N3O2S. The van der Waals surface area contributed by atoms with Gasteiger partial charge in [0.1, 0.15) is 11.4 Å². The molecule has 1 N–H and O–H groups in total. The highest BCUT2D eigenvalue weighted by molar-refractivity contribution is 7.98. The zero-order chi connectivity index (χ0) is 17.0. The molecule has 0 fully saturated rings. The van der Waals surface area contributed by atoms with Crippen molar-refractivity contribution < 1.29 is 9.53 Å². The quantitative estimate of drug-likeness (QED) is 0.661. The SMILES string of the molecule is CSc1ncc(-c2ccccc2C)c(NC(=O)OC(C)(C)C)n1. The molecule has 1 aromatic carbocycles. The number of carbonyl (C=O) groups excluding carboxylic acids is 1. The molecule has 0 saturated carbocycles. The van der Waals surface area contributed by atoms with Crippen LogP contribution >= 0.6 is 11.8 Å². The second-order valence-electron chi connectivity index (χ2n) is 6.06. The topological polar surface area (TPSA) is 64.1 Å². The molecule has 0 spiro atoms. The van der Waals surface area contributed by atoms with Crippen LogP contribution in [0.3, 0.4) is 0 Å². The minimum Gasteiger partial charge on any atom is -0.444 e. The Hall–Kier alpha value is -2.08. The highest BCUT2D eigenvalue weighted by Crippen LogP contribution is 2.30. The van der Waals surface area contributed by atoms with E-state index in [0.717, 1.165) is 16.7 Å². The second kappa shape index (κ2) is 7.00. The largest absolute Gasteiger partial charge is 0.444 e. The molecule has 0 bridgehead atoms. The molecule has 1 aromatic heterocycles. The molecule has 6 heteroatoms. The van der Waals surface area contributed by atoms with E-state index >= 15 is 0 Å². The molecule has 0 aliphatic heterocycles. The van der Waals surface area contributed by atoms with Crippen LogP contribution in [0.2, 0.25) is 0 Å². The summed E-state index contributed by atoms with van der Waals surface area (Å²) in [7, 11) is 0. The normalized spacial score (nSPS) is 11.2. The number of nitrogens with one attached hydrogen (secondary N) is 1. The summed E-state index contributed by atoms with van der Waals surface area (Å²) in [5, 5.41) is 3.33. The summed E-state index contributed by atoms with van der Waals surface area (Å²) >= 11 is 1.42. The van der Waals surface area contributed by atoms with Crippen LogP contribution in [0, 0.1) is 6.92 Å². The van der Waals surface area contributed by atoms with E-state index in [0.29, 0.717) is 11.0 Å². The summed E-state index contributed by atoms with van der Waals surface area (Å²) in [6.07, 6.45) is 3.09. The number of aryl methyl sites for hydroxylation is 1. The third-order valence-corrected chi connectivity index (χ3v) is 3.57. The van der Waals surface area contributed by atoms with Crippen molar-refractivity contribution >= 4 is 23.7 Å². The summed E-state index contributed by atoms with van der Waals surface area (Å²) in [6, 6.07) is 7.90. The molecule has 0 unspecified atom stereocenters. The molecule has 1 amide bonds. The van der Waals surface area contributed by atoms with Crippen molar-refractivity contribution in [2.45, 2.75) is 38.5 Å². The standard InChI is InChI=1S/C17H21N3O2S/c1-11-8-6-7-9-12(11)13-10-18-15(23-5)19-14(13)20-16(21)22-17(2,3)4/h6-10H,1-5H3,(H,18,19,20,21). The predicted molar refractivity (Wildman–Crippen MR) is 93.8 cm³/mol. The summed E-state index contributed by atoms with van der Waals surface area (Å²) in [5.74, 6) is 0.452. The van der Waals surface area contributed by atoms with Crippen molar-refractivity contribution in [3.63, 3.8) is 0 Å². The van der Waals surface area contributed by atoms with Crippen molar-refractivity contribution in [1.29, 1.82) is 0 Å². The molecule has 0 aliphatic rings. The number of amides is 1. The number of benzene rings is 1. The predicted octanol–water partition coefficient (Wildman–Crippen LogP) is 4.52. The van der Waals surface area contributed by atoms with Crippen LogP contribution in [0.15, 0.2) is 35.6 Å². The van der Waals surface area contributed by atoms with E-state index in [4.69, 9.17) is 4.74 Å². The smallest absolute Gasteiger partial charge is 0.413 e. The summed E-state index contributed by atoms with van der Waals surface area (Å²) in [6.45, 7) is 7.47. The number of hydrogen-bond acceptors (Lipinski definition) is 5. The molecule has 2 rings (SSSR count). The first-order valence-electron chi connectivity index (χ1n) is 7.27. The Kier molecular flexibility index (Phi) is 5.26. The monoisotopic (exact) mass is 331 g/mol. The minimum atomic E-state index is -0.567. The lowest BCUT2D eigenvalue weighted by molar-refractivity contribution is 0.0635. The second-order valence-corrected chi connectivity index (χ2v) is 6.83. The Bertz CT molecular complexity index is 711. The van der Waals surface area contributed by atoms with Gasteiger partial charge in [0.2, 0.25) is 0 Å². The van der Waals surface area contributed by atoms with Gasteiger partial charge in [-0.15, -0.1) is 0 Å². The average molecular weight is 331 g/mol. The molecule has 122 valence electrons. The fourth-order valence-corrected chi connectivity index (χ4v) is 2.37. The molecule has 1 heterocycles. The summed E-state index contributed by atoms with van der Waals surface area (Å²) < 4.78 is 5.32. The molecule has 0 aliphatic carbocycles. The number of nitrogens with zero attached hydrogens (tertiary/aromatic N) is 2. The van der Waals surface area contributed by atoms with Crippen LogP contribution in [0.1, 0.15) is 26.3 Å². The Morgan fingerprint density at radius 2 is 1.91 bits per heavy atom. The van der Waals surface area contributed by atoms with E-state index in [-0.39, 0.29) is 0 Å².